The maximum Gasteiger partial charge on any atom is 0.197 e. The van der Waals surface area contributed by atoms with E-state index in [0.717, 1.165) is 12.1 Å². The zero-order chi connectivity index (χ0) is 8.06. The Balaban J connectivity index is 2.54. The van der Waals surface area contributed by atoms with Gasteiger partial charge in [0, 0.05) is 11.1 Å². The first-order chi connectivity index (χ1) is 5.09. The summed E-state index contributed by atoms with van der Waals surface area (Å²) in [6, 6.07) is 0. The van der Waals surface area contributed by atoms with Crippen LogP contribution in [0.1, 0.15) is 31.7 Å². The minimum atomic E-state index is 0.226. The van der Waals surface area contributed by atoms with Gasteiger partial charge in [0.15, 0.2) is 5.95 Å². The molecule has 0 aromatic carbocycles. The summed E-state index contributed by atoms with van der Waals surface area (Å²) in [7, 11) is 0. The van der Waals surface area contributed by atoms with Crippen molar-refractivity contribution in [3.05, 3.63) is 11.4 Å². The van der Waals surface area contributed by atoms with Gasteiger partial charge in [-0.2, -0.15) is 0 Å². The number of nitrogens with one attached hydrogen (secondary N) is 1. The summed E-state index contributed by atoms with van der Waals surface area (Å²) in [6.45, 7) is 4.41. The van der Waals surface area contributed by atoms with Crippen LogP contribution in [0.4, 0.5) is 5.95 Å². The molecule has 60 valence electrons. The summed E-state index contributed by atoms with van der Waals surface area (Å²) >= 11 is 0. The highest BCUT2D eigenvalue weighted by atomic mass is 15.0. The van der Waals surface area contributed by atoms with Gasteiger partial charge in [0.2, 0.25) is 0 Å². The van der Waals surface area contributed by atoms with Crippen LogP contribution in [0, 0.1) is 0 Å². The molecule has 0 aliphatic heterocycles. The molecule has 0 saturated carbocycles. The number of fused-ring (bicyclic) bond motifs is 1. The van der Waals surface area contributed by atoms with E-state index in [0.29, 0.717) is 5.95 Å². The molecule has 0 atom stereocenters. The quantitative estimate of drug-likeness (QED) is 0.585. The number of nitrogens with zero attached hydrogens (tertiary/aromatic N) is 1. The van der Waals surface area contributed by atoms with E-state index < -0.39 is 0 Å². The average molecular weight is 151 g/mol. The van der Waals surface area contributed by atoms with Crippen molar-refractivity contribution in [2.75, 3.05) is 5.73 Å². The lowest BCUT2D eigenvalue weighted by molar-refractivity contribution is 0.509. The normalized spacial score (nSPS) is 20.2. The molecular weight excluding hydrogens is 138 g/mol. The van der Waals surface area contributed by atoms with E-state index in [-0.39, 0.29) is 5.41 Å². The number of anilines is 1. The molecule has 1 aliphatic carbocycles. The molecule has 0 amide bonds. The van der Waals surface area contributed by atoms with Crippen molar-refractivity contribution in [2.24, 2.45) is 0 Å². The Bertz CT molecular complexity index is 286. The van der Waals surface area contributed by atoms with Crippen molar-refractivity contribution >= 4 is 5.95 Å². The molecule has 3 heteroatoms. The second-order valence-corrected chi connectivity index (χ2v) is 3.83. The highest BCUT2D eigenvalue weighted by Gasteiger charge is 2.32. The van der Waals surface area contributed by atoms with Crippen LogP contribution in [0.2, 0.25) is 0 Å². The third-order valence-electron chi connectivity index (χ3n) is 2.44. The molecule has 2 rings (SSSR count). The lowest BCUT2D eigenvalue weighted by atomic mass is 9.91. The van der Waals surface area contributed by atoms with Crippen molar-refractivity contribution in [2.45, 2.75) is 32.1 Å². The first-order valence-corrected chi connectivity index (χ1v) is 3.94. The predicted octanol–water partition coefficient (Wildman–Crippen LogP) is 1.22. The lowest BCUT2D eigenvalue weighted by Gasteiger charge is -2.14. The van der Waals surface area contributed by atoms with Crippen molar-refractivity contribution in [3.8, 4) is 0 Å². The fourth-order valence-electron chi connectivity index (χ4n) is 1.73. The van der Waals surface area contributed by atoms with Gasteiger partial charge in [-0.25, -0.2) is 4.98 Å². The summed E-state index contributed by atoms with van der Waals surface area (Å²) in [5.41, 5.74) is 8.16. The maximum absolute atomic E-state index is 5.54. The highest BCUT2D eigenvalue weighted by molar-refractivity contribution is 5.34. The standard InChI is InChI=1S/C8H13N3/c1-8(2)4-3-5-6(8)11-7(9)10-5/h3-4H2,1-2H3,(H3,9,10,11). The van der Waals surface area contributed by atoms with E-state index in [4.69, 9.17) is 5.73 Å². The Morgan fingerprint density at radius 1 is 1.55 bits per heavy atom. The number of rotatable bonds is 0. The van der Waals surface area contributed by atoms with E-state index in [1.54, 1.807) is 0 Å². The zero-order valence-corrected chi connectivity index (χ0v) is 6.94. The van der Waals surface area contributed by atoms with Crippen LogP contribution in [0.25, 0.3) is 0 Å². The van der Waals surface area contributed by atoms with E-state index in [1.165, 1.54) is 12.1 Å². The number of nitrogen functional groups attached to an aromatic ring is 1. The van der Waals surface area contributed by atoms with Crippen LogP contribution < -0.4 is 5.73 Å². The summed E-state index contributed by atoms with van der Waals surface area (Å²) in [5.74, 6) is 0.558. The van der Waals surface area contributed by atoms with Crippen molar-refractivity contribution in [3.63, 3.8) is 0 Å². The number of hydrogen-bond acceptors (Lipinski definition) is 2. The van der Waals surface area contributed by atoms with Crippen LogP contribution in [-0.2, 0) is 11.8 Å². The van der Waals surface area contributed by atoms with Gasteiger partial charge in [-0.05, 0) is 12.8 Å². The smallest absolute Gasteiger partial charge is 0.197 e. The molecule has 0 bridgehead atoms. The van der Waals surface area contributed by atoms with Gasteiger partial charge in [0.05, 0.1) is 5.69 Å². The number of nitrogens with two attached hydrogens (primary N) is 1. The third-order valence-corrected chi connectivity index (χ3v) is 2.44. The van der Waals surface area contributed by atoms with Gasteiger partial charge in [-0.15, -0.1) is 0 Å². The third kappa shape index (κ3) is 0.836. The van der Waals surface area contributed by atoms with E-state index >= 15 is 0 Å². The second-order valence-electron chi connectivity index (χ2n) is 3.83. The number of aromatic amines is 1. The monoisotopic (exact) mass is 151 g/mol. The molecule has 3 nitrogen and oxygen atoms in total. The molecular formula is C8H13N3. The molecule has 1 aromatic heterocycles. The largest absolute Gasteiger partial charge is 0.369 e. The Kier molecular flexibility index (Phi) is 1.09. The van der Waals surface area contributed by atoms with Crippen LogP contribution in [0.5, 0.6) is 0 Å². The highest BCUT2D eigenvalue weighted by Crippen LogP contribution is 2.36. The SMILES string of the molecule is CC1(C)CCc2[nH]c(N)nc21. The van der Waals surface area contributed by atoms with E-state index in [1.807, 2.05) is 0 Å². The molecule has 1 aromatic rings. The Morgan fingerprint density at radius 2 is 2.27 bits per heavy atom. The van der Waals surface area contributed by atoms with Crippen molar-refractivity contribution in [1.29, 1.82) is 0 Å². The van der Waals surface area contributed by atoms with Gasteiger partial charge < -0.3 is 10.7 Å². The fraction of sp³-hybridized carbons (Fsp3) is 0.625. The van der Waals surface area contributed by atoms with Gasteiger partial charge >= 0.3 is 0 Å². The van der Waals surface area contributed by atoms with Gasteiger partial charge in [0.1, 0.15) is 0 Å². The van der Waals surface area contributed by atoms with Gasteiger partial charge in [-0.3, -0.25) is 0 Å². The predicted molar refractivity (Wildman–Crippen MR) is 44.3 cm³/mol. The number of hydrogen-bond donors (Lipinski definition) is 2. The minimum absolute atomic E-state index is 0.226. The molecule has 3 N–H and O–H groups in total. The number of aryl methyl sites for hydroxylation is 1. The summed E-state index contributed by atoms with van der Waals surface area (Å²) in [5, 5.41) is 0. The Labute approximate surface area is 66.0 Å². The lowest BCUT2D eigenvalue weighted by Crippen LogP contribution is -2.12. The van der Waals surface area contributed by atoms with Crippen molar-refractivity contribution < 1.29 is 0 Å². The molecule has 11 heavy (non-hydrogen) atoms. The maximum atomic E-state index is 5.54. The number of H-pyrrole nitrogens is 1. The molecule has 1 heterocycles. The number of imidazole rings is 1. The van der Waals surface area contributed by atoms with Crippen LogP contribution in [0.3, 0.4) is 0 Å². The molecule has 0 radical (unpaired) electrons. The molecule has 1 aliphatic rings. The van der Waals surface area contributed by atoms with E-state index in [2.05, 4.69) is 23.8 Å². The first-order valence-electron chi connectivity index (χ1n) is 3.94. The van der Waals surface area contributed by atoms with Crippen LogP contribution >= 0.6 is 0 Å². The molecule has 0 unspecified atom stereocenters. The molecule has 0 spiro atoms. The first kappa shape index (κ1) is 6.70. The summed E-state index contributed by atoms with van der Waals surface area (Å²) in [4.78, 5) is 7.34. The van der Waals surface area contributed by atoms with Gasteiger partial charge in [-0.1, -0.05) is 13.8 Å². The molecule has 0 fully saturated rings. The second kappa shape index (κ2) is 1.78. The van der Waals surface area contributed by atoms with Gasteiger partial charge in [0.25, 0.3) is 0 Å². The Morgan fingerprint density at radius 3 is 2.91 bits per heavy atom. The number of aromatic nitrogens is 2. The summed E-state index contributed by atoms with van der Waals surface area (Å²) in [6.07, 6.45) is 2.27. The fourth-order valence-corrected chi connectivity index (χ4v) is 1.73. The topological polar surface area (TPSA) is 54.7 Å². The zero-order valence-electron chi connectivity index (χ0n) is 6.94. The minimum Gasteiger partial charge on any atom is -0.369 e. The average Bonchev–Trinajstić information content (AvgIpc) is 2.35. The van der Waals surface area contributed by atoms with Crippen LogP contribution in [-0.4, -0.2) is 9.97 Å². The van der Waals surface area contributed by atoms with E-state index in [9.17, 15) is 0 Å². The van der Waals surface area contributed by atoms with Crippen molar-refractivity contribution in [1.82, 2.24) is 9.97 Å². The summed E-state index contributed by atoms with van der Waals surface area (Å²) < 4.78 is 0. The Hall–Kier alpha value is -0.990. The van der Waals surface area contributed by atoms with Crippen LogP contribution in [0.15, 0.2) is 0 Å². The molecule has 0 saturated heterocycles.